The number of aromatic nitrogens is 3. The molecule has 2 aromatic carbocycles. The number of sulfonamides is 1. The molecule has 1 fully saturated rings. The van der Waals surface area contributed by atoms with E-state index >= 15 is 0 Å². The summed E-state index contributed by atoms with van der Waals surface area (Å²) in [4.78, 5) is 11.1. The number of benzene rings is 2. The molecule has 0 radical (unpaired) electrons. The number of rotatable bonds is 6. The molecule has 4 aromatic rings. The molecule has 0 atom stereocenters. The van der Waals surface area contributed by atoms with E-state index in [0.717, 1.165) is 54.3 Å². The van der Waals surface area contributed by atoms with E-state index in [2.05, 4.69) is 31.7 Å². The van der Waals surface area contributed by atoms with Crippen LogP contribution in [0.2, 0.25) is 0 Å². The van der Waals surface area contributed by atoms with Crippen LogP contribution in [0.1, 0.15) is 6.92 Å². The van der Waals surface area contributed by atoms with E-state index in [4.69, 9.17) is 10.5 Å². The van der Waals surface area contributed by atoms with E-state index in [9.17, 15) is 8.42 Å². The van der Waals surface area contributed by atoms with Gasteiger partial charge in [-0.25, -0.2) is 18.1 Å². The van der Waals surface area contributed by atoms with E-state index in [1.807, 2.05) is 34.9 Å². The number of nitrogens with two attached hydrogens (primary N) is 1. The first-order valence-corrected chi connectivity index (χ1v) is 12.6. The van der Waals surface area contributed by atoms with Gasteiger partial charge in [0.15, 0.2) is 0 Å². The summed E-state index contributed by atoms with van der Waals surface area (Å²) < 4.78 is 34.7. The van der Waals surface area contributed by atoms with E-state index in [0.29, 0.717) is 18.1 Å². The lowest BCUT2D eigenvalue weighted by Crippen LogP contribution is -2.36. The highest BCUT2D eigenvalue weighted by molar-refractivity contribution is 7.89. The van der Waals surface area contributed by atoms with E-state index in [1.54, 1.807) is 19.2 Å². The van der Waals surface area contributed by atoms with Crippen molar-refractivity contribution in [2.24, 2.45) is 0 Å². The van der Waals surface area contributed by atoms with Gasteiger partial charge in [0.25, 0.3) is 0 Å². The molecule has 9 nitrogen and oxygen atoms in total. The Morgan fingerprint density at radius 3 is 2.47 bits per heavy atom. The molecular weight excluding hydrogens is 452 g/mol. The second-order valence-corrected chi connectivity index (χ2v) is 9.80. The van der Waals surface area contributed by atoms with Gasteiger partial charge in [0.1, 0.15) is 4.90 Å². The van der Waals surface area contributed by atoms with Crippen LogP contribution in [0, 0.1) is 0 Å². The van der Waals surface area contributed by atoms with Crippen molar-refractivity contribution in [3.63, 3.8) is 0 Å². The van der Waals surface area contributed by atoms with Crippen molar-refractivity contribution in [2.75, 3.05) is 43.5 Å². The van der Waals surface area contributed by atoms with Gasteiger partial charge in [0.05, 0.1) is 24.2 Å². The Hall–Kier alpha value is -3.47. The molecule has 176 valence electrons. The number of morpholine rings is 1. The lowest BCUT2D eigenvalue weighted by atomic mass is 10.1. The standard InChI is InChI=1S/C24H26N6O3S/c1-2-27-34(31,32)21-13-18(15-26-16-21)17-3-8-22-23(14-17)30(24(25)28-22)20-6-4-19(5-7-20)29-9-11-33-12-10-29/h3-8,13-16,27H,2,9-12H2,1H3,(H2,25,28). The summed E-state index contributed by atoms with van der Waals surface area (Å²) in [5.41, 5.74) is 11.4. The molecule has 1 saturated heterocycles. The topological polar surface area (TPSA) is 115 Å². The van der Waals surface area contributed by atoms with Crippen molar-refractivity contribution in [3.05, 3.63) is 60.9 Å². The molecule has 1 aliphatic rings. The first-order valence-electron chi connectivity index (χ1n) is 11.1. The third kappa shape index (κ3) is 4.23. The molecule has 2 aromatic heterocycles. The van der Waals surface area contributed by atoms with E-state index < -0.39 is 10.0 Å². The fourth-order valence-corrected chi connectivity index (χ4v) is 5.20. The van der Waals surface area contributed by atoms with Gasteiger partial charge < -0.3 is 15.4 Å². The fraction of sp³-hybridized carbons (Fsp3) is 0.250. The van der Waals surface area contributed by atoms with Crippen LogP contribution in [-0.4, -0.2) is 55.8 Å². The van der Waals surface area contributed by atoms with Gasteiger partial charge in [-0.05, 0) is 48.0 Å². The Morgan fingerprint density at radius 1 is 1.00 bits per heavy atom. The SMILES string of the molecule is CCNS(=O)(=O)c1cncc(-c2ccc3nc(N)n(-c4ccc(N5CCOCC5)cc4)c3c2)c1. The number of hydrogen-bond donors (Lipinski definition) is 2. The van der Waals surface area contributed by atoms with Crippen LogP contribution in [0.25, 0.3) is 27.8 Å². The van der Waals surface area contributed by atoms with Gasteiger partial charge in [-0.1, -0.05) is 13.0 Å². The first kappa shape index (κ1) is 22.3. The predicted molar refractivity (Wildman–Crippen MR) is 133 cm³/mol. The van der Waals surface area contributed by atoms with Gasteiger partial charge >= 0.3 is 0 Å². The number of anilines is 2. The largest absolute Gasteiger partial charge is 0.378 e. The van der Waals surface area contributed by atoms with Crippen LogP contribution >= 0.6 is 0 Å². The monoisotopic (exact) mass is 478 g/mol. The van der Waals surface area contributed by atoms with Crippen LogP contribution in [0.15, 0.2) is 65.8 Å². The summed E-state index contributed by atoms with van der Waals surface area (Å²) in [5, 5.41) is 0. The molecule has 0 unspecified atom stereocenters. The van der Waals surface area contributed by atoms with Crippen LogP contribution in [0.5, 0.6) is 0 Å². The third-order valence-corrected chi connectivity index (χ3v) is 7.37. The van der Waals surface area contributed by atoms with Gasteiger partial charge in [-0.15, -0.1) is 0 Å². The van der Waals surface area contributed by atoms with Crippen LogP contribution in [0.4, 0.5) is 11.6 Å². The van der Waals surface area contributed by atoms with Gasteiger partial charge in [0.2, 0.25) is 16.0 Å². The number of imidazole rings is 1. The van der Waals surface area contributed by atoms with Crippen molar-refractivity contribution >= 4 is 32.7 Å². The third-order valence-electron chi connectivity index (χ3n) is 5.86. The molecule has 1 aliphatic heterocycles. The Kier molecular flexibility index (Phi) is 5.94. The molecule has 0 bridgehead atoms. The minimum absolute atomic E-state index is 0.124. The Bertz CT molecular complexity index is 1430. The summed E-state index contributed by atoms with van der Waals surface area (Å²) in [6, 6.07) is 15.6. The number of nitrogens with one attached hydrogen (secondary N) is 1. The molecule has 3 N–H and O–H groups in total. The first-order chi connectivity index (χ1) is 16.5. The lowest BCUT2D eigenvalue weighted by Gasteiger charge is -2.29. The number of hydrogen-bond acceptors (Lipinski definition) is 7. The number of ether oxygens (including phenoxy) is 1. The highest BCUT2D eigenvalue weighted by atomic mass is 32.2. The van der Waals surface area contributed by atoms with E-state index in [1.165, 1.54) is 6.20 Å². The Balaban J connectivity index is 1.53. The number of nitrogens with zero attached hydrogens (tertiary/aromatic N) is 4. The molecule has 5 rings (SSSR count). The molecule has 34 heavy (non-hydrogen) atoms. The minimum atomic E-state index is -3.61. The number of fused-ring (bicyclic) bond motifs is 1. The summed E-state index contributed by atoms with van der Waals surface area (Å²) in [6.45, 7) is 5.25. The van der Waals surface area contributed by atoms with E-state index in [-0.39, 0.29) is 4.90 Å². The molecule has 10 heteroatoms. The summed E-state index contributed by atoms with van der Waals surface area (Å²) >= 11 is 0. The number of pyridine rings is 1. The van der Waals surface area contributed by atoms with Crippen molar-refractivity contribution in [1.29, 1.82) is 0 Å². The van der Waals surface area contributed by atoms with Crippen LogP contribution < -0.4 is 15.4 Å². The zero-order valence-electron chi connectivity index (χ0n) is 18.8. The maximum absolute atomic E-state index is 12.4. The maximum atomic E-state index is 12.4. The average Bonchev–Trinajstić information content (AvgIpc) is 3.19. The molecule has 3 heterocycles. The second-order valence-electron chi connectivity index (χ2n) is 8.04. The van der Waals surface area contributed by atoms with Gasteiger partial charge in [0, 0.05) is 49.0 Å². The normalized spacial score (nSPS) is 14.6. The highest BCUT2D eigenvalue weighted by Crippen LogP contribution is 2.30. The van der Waals surface area contributed by atoms with Crippen molar-refractivity contribution in [3.8, 4) is 16.8 Å². The Morgan fingerprint density at radius 2 is 1.74 bits per heavy atom. The molecule has 0 saturated carbocycles. The number of nitrogen functional groups attached to an aromatic ring is 1. The maximum Gasteiger partial charge on any atom is 0.242 e. The summed E-state index contributed by atoms with van der Waals surface area (Å²) in [7, 11) is -3.61. The highest BCUT2D eigenvalue weighted by Gasteiger charge is 2.16. The fourth-order valence-electron chi connectivity index (χ4n) is 4.18. The summed E-state index contributed by atoms with van der Waals surface area (Å²) in [5.74, 6) is 0.382. The summed E-state index contributed by atoms with van der Waals surface area (Å²) in [6.07, 6.45) is 2.99. The second kappa shape index (κ2) is 9.05. The quantitative estimate of drug-likeness (QED) is 0.438. The smallest absolute Gasteiger partial charge is 0.242 e. The van der Waals surface area contributed by atoms with Gasteiger partial charge in [-0.2, -0.15) is 0 Å². The van der Waals surface area contributed by atoms with Crippen molar-refractivity contribution in [1.82, 2.24) is 19.3 Å². The van der Waals surface area contributed by atoms with Gasteiger partial charge in [-0.3, -0.25) is 9.55 Å². The lowest BCUT2D eigenvalue weighted by molar-refractivity contribution is 0.122. The Labute approximate surface area is 198 Å². The zero-order valence-corrected chi connectivity index (χ0v) is 19.6. The van der Waals surface area contributed by atoms with Crippen LogP contribution in [0.3, 0.4) is 0 Å². The average molecular weight is 479 g/mol. The predicted octanol–water partition coefficient (Wildman–Crippen LogP) is 2.80. The van der Waals surface area contributed by atoms with Crippen molar-refractivity contribution < 1.29 is 13.2 Å². The molecule has 0 amide bonds. The van der Waals surface area contributed by atoms with Crippen LogP contribution in [-0.2, 0) is 14.8 Å². The zero-order chi connectivity index (χ0) is 23.7. The molecular formula is C24H26N6O3S. The molecule has 0 spiro atoms. The van der Waals surface area contributed by atoms with Crippen molar-refractivity contribution in [2.45, 2.75) is 11.8 Å². The molecule has 0 aliphatic carbocycles. The minimum Gasteiger partial charge on any atom is -0.378 e.